The summed E-state index contributed by atoms with van der Waals surface area (Å²) >= 11 is 5.03. The van der Waals surface area contributed by atoms with Crippen molar-refractivity contribution in [3.05, 3.63) is 18.2 Å². The number of thiocarbonyl (C=S) groups is 1. The van der Waals surface area contributed by atoms with Crippen molar-refractivity contribution in [1.82, 2.24) is 4.31 Å². The molecule has 0 atom stereocenters. The maximum atomic E-state index is 12.3. The lowest BCUT2D eigenvalue weighted by molar-refractivity contribution is 0.401. The minimum atomic E-state index is -3.62. The Morgan fingerprint density at radius 2 is 2.18 bits per heavy atom. The fraction of sp³-hybridized carbons (Fsp3) is 0.300. The van der Waals surface area contributed by atoms with Crippen LogP contribution in [0.1, 0.15) is 6.92 Å². The molecule has 0 radical (unpaired) electrons. The molecule has 0 saturated heterocycles. The number of sulfonamides is 1. The fourth-order valence-corrected chi connectivity index (χ4v) is 3.91. The van der Waals surface area contributed by atoms with Crippen molar-refractivity contribution >= 4 is 33.0 Å². The molecule has 1 aromatic rings. The van der Waals surface area contributed by atoms with E-state index in [0.717, 1.165) is 4.31 Å². The van der Waals surface area contributed by atoms with Gasteiger partial charge in [-0.05, 0) is 31.3 Å². The van der Waals surface area contributed by atoms with E-state index in [4.69, 9.17) is 17.0 Å². The highest BCUT2D eigenvalue weighted by molar-refractivity contribution is 7.92. The van der Waals surface area contributed by atoms with Gasteiger partial charge in [0.25, 0.3) is 10.0 Å². The molecule has 1 heterocycles. The predicted octanol–water partition coefficient (Wildman–Crippen LogP) is 1.42. The number of anilines is 1. The summed E-state index contributed by atoms with van der Waals surface area (Å²) in [6.45, 7) is 2.01. The second-order valence-electron chi connectivity index (χ2n) is 3.44. The highest BCUT2D eigenvalue weighted by atomic mass is 32.2. The topological polar surface area (TPSA) is 58.6 Å². The second-order valence-corrected chi connectivity index (χ2v) is 5.62. The summed E-state index contributed by atoms with van der Waals surface area (Å²) in [7, 11) is -2.18. The average molecular weight is 272 g/mol. The summed E-state index contributed by atoms with van der Waals surface area (Å²) in [5.41, 5.74) is 0.457. The molecule has 0 aromatic heterocycles. The molecule has 0 aliphatic carbocycles. The van der Waals surface area contributed by atoms with Gasteiger partial charge in [-0.15, -0.1) is 0 Å². The van der Waals surface area contributed by atoms with Crippen LogP contribution in [0.25, 0.3) is 0 Å². The zero-order valence-electron chi connectivity index (χ0n) is 9.43. The van der Waals surface area contributed by atoms with Crippen molar-refractivity contribution in [3.8, 4) is 5.75 Å². The molecule has 17 heavy (non-hydrogen) atoms. The number of nitrogens with zero attached hydrogens (tertiary/aromatic N) is 1. The molecule has 1 aliphatic rings. The maximum absolute atomic E-state index is 12.3. The zero-order chi connectivity index (χ0) is 12.6. The molecule has 7 heteroatoms. The molecule has 92 valence electrons. The molecule has 1 aliphatic heterocycles. The van der Waals surface area contributed by atoms with Gasteiger partial charge in [0.2, 0.25) is 0 Å². The fourth-order valence-electron chi connectivity index (χ4n) is 1.75. The molecular formula is C10H12N2O3S2. The lowest BCUT2D eigenvalue weighted by Crippen LogP contribution is -2.43. The van der Waals surface area contributed by atoms with Crippen LogP contribution >= 0.6 is 12.2 Å². The number of ether oxygens (including phenoxy) is 1. The normalized spacial score (nSPS) is 17.3. The van der Waals surface area contributed by atoms with Gasteiger partial charge < -0.3 is 10.1 Å². The van der Waals surface area contributed by atoms with Crippen LogP contribution in [0, 0.1) is 0 Å². The third-order valence-corrected chi connectivity index (χ3v) is 4.90. The Morgan fingerprint density at radius 1 is 1.47 bits per heavy atom. The van der Waals surface area contributed by atoms with E-state index in [0.29, 0.717) is 11.4 Å². The number of rotatable bonds is 2. The molecule has 0 amide bonds. The maximum Gasteiger partial charge on any atom is 0.271 e. The van der Waals surface area contributed by atoms with E-state index in [2.05, 4.69) is 5.32 Å². The number of benzene rings is 1. The Bertz CT molecular complexity index is 569. The van der Waals surface area contributed by atoms with E-state index in [-0.39, 0.29) is 16.6 Å². The minimum Gasteiger partial charge on any atom is -0.495 e. The highest BCUT2D eigenvalue weighted by Crippen LogP contribution is 2.36. The average Bonchev–Trinajstić information content (AvgIpc) is 2.27. The Kier molecular flexibility index (Phi) is 2.96. The predicted molar refractivity (Wildman–Crippen MR) is 68.8 cm³/mol. The van der Waals surface area contributed by atoms with Crippen LogP contribution in [-0.2, 0) is 10.0 Å². The Hall–Kier alpha value is -1.34. The number of fused-ring (bicyclic) bond motifs is 1. The number of hydrogen-bond donors (Lipinski definition) is 1. The monoisotopic (exact) mass is 272 g/mol. The zero-order valence-corrected chi connectivity index (χ0v) is 11.1. The highest BCUT2D eigenvalue weighted by Gasteiger charge is 2.35. The molecule has 5 nitrogen and oxygen atoms in total. The van der Waals surface area contributed by atoms with Crippen LogP contribution in [0.4, 0.5) is 5.69 Å². The van der Waals surface area contributed by atoms with Gasteiger partial charge in [-0.3, -0.25) is 0 Å². The van der Waals surface area contributed by atoms with E-state index < -0.39 is 10.0 Å². The molecule has 0 unspecified atom stereocenters. The summed E-state index contributed by atoms with van der Waals surface area (Å²) in [6.07, 6.45) is 0. The Labute approximate surface area is 105 Å². The Balaban J connectivity index is 2.73. The summed E-state index contributed by atoms with van der Waals surface area (Å²) in [4.78, 5) is 0.137. The number of nitrogens with one attached hydrogen (secondary N) is 1. The summed E-state index contributed by atoms with van der Waals surface area (Å²) < 4.78 is 30.9. The van der Waals surface area contributed by atoms with Crippen molar-refractivity contribution in [2.75, 3.05) is 19.0 Å². The van der Waals surface area contributed by atoms with Gasteiger partial charge in [0, 0.05) is 6.54 Å². The van der Waals surface area contributed by atoms with Gasteiger partial charge in [-0.2, -0.15) is 0 Å². The van der Waals surface area contributed by atoms with Crippen LogP contribution in [-0.4, -0.2) is 31.5 Å². The molecular weight excluding hydrogens is 260 g/mol. The first-order valence-corrected chi connectivity index (χ1v) is 6.88. The largest absolute Gasteiger partial charge is 0.495 e. The molecule has 1 aromatic carbocycles. The summed E-state index contributed by atoms with van der Waals surface area (Å²) in [5.74, 6) is 0.316. The van der Waals surface area contributed by atoms with Gasteiger partial charge in [0.1, 0.15) is 5.75 Å². The van der Waals surface area contributed by atoms with Crippen molar-refractivity contribution in [2.45, 2.75) is 11.8 Å². The standard InChI is InChI=1S/C10H12N2O3S2/c1-3-12-10(16)11-7-5-4-6-8(15-2)9(7)17(12,13)14/h4-6H,3H2,1-2H3,(H,11,16). The van der Waals surface area contributed by atoms with Crippen LogP contribution in [0.2, 0.25) is 0 Å². The van der Waals surface area contributed by atoms with Crippen LogP contribution in [0.15, 0.2) is 23.1 Å². The first kappa shape index (κ1) is 12.1. The smallest absolute Gasteiger partial charge is 0.271 e. The SMILES string of the molecule is CCN1C(=S)Nc2cccc(OC)c2S1(=O)=O. The molecule has 0 bridgehead atoms. The van der Waals surface area contributed by atoms with Gasteiger partial charge in [-0.25, -0.2) is 12.7 Å². The first-order valence-electron chi connectivity index (χ1n) is 5.03. The van der Waals surface area contributed by atoms with Crippen LogP contribution in [0.3, 0.4) is 0 Å². The van der Waals surface area contributed by atoms with E-state index >= 15 is 0 Å². The number of hydrogen-bond acceptors (Lipinski definition) is 4. The summed E-state index contributed by atoms with van der Waals surface area (Å²) in [5, 5.41) is 3.08. The number of methoxy groups -OCH3 is 1. The second kappa shape index (κ2) is 4.15. The van der Waals surface area contributed by atoms with E-state index in [1.165, 1.54) is 7.11 Å². The Morgan fingerprint density at radius 3 is 2.76 bits per heavy atom. The van der Waals surface area contributed by atoms with Crippen molar-refractivity contribution in [2.24, 2.45) is 0 Å². The molecule has 2 rings (SSSR count). The third kappa shape index (κ3) is 1.75. The lowest BCUT2D eigenvalue weighted by atomic mass is 10.3. The molecule has 1 N–H and O–H groups in total. The van der Waals surface area contributed by atoms with Crippen LogP contribution in [0.5, 0.6) is 5.75 Å². The van der Waals surface area contributed by atoms with Crippen molar-refractivity contribution in [3.63, 3.8) is 0 Å². The quantitative estimate of drug-likeness (QED) is 0.825. The molecule has 0 spiro atoms. The van der Waals surface area contributed by atoms with Gasteiger partial charge in [0.05, 0.1) is 12.8 Å². The lowest BCUT2D eigenvalue weighted by Gasteiger charge is -2.30. The first-order chi connectivity index (χ1) is 8.02. The van der Waals surface area contributed by atoms with E-state index in [1.54, 1.807) is 25.1 Å². The van der Waals surface area contributed by atoms with Crippen molar-refractivity contribution in [1.29, 1.82) is 0 Å². The minimum absolute atomic E-state index is 0.137. The van der Waals surface area contributed by atoms with Gasteiger partial charge >= 0.3 is 0 Å². The van der Waals surface area contributed by atoms with Crippen LogP contribution < -0.4 is 10.1 Å². The van der Waals surface area contributed by atoms with Gasteiger partial charge in [-0.1, -0.05) is 6.07 Å². The molecule has 0 fully saturated rings. The van der Waals surface area contributed by atoms with E-state index in [1.807, 2.05) is 0 Å². The third-order valence-electron chi connectivity index (χ3n) is 2.50. The van der Waals surface area contributed by atoms with Crippen molar-refractivity contribution < 1.29 is 13.2 Å². The van der Waals surface area contributed by atoms with Gasteiger partial charge in [0.15, 0.2) is 10.0 Å². The van der Waals surface area contributed by atoms with E-state index in [9.17, 15) is 8.42 Å². The summed E-state index contributed by atoms with van der Waals surface area (Å²) in [6, 6.07) is 4.99. The molecule has 0 saturated carbocycles.